The second-order valence-corrected chi connectivity index (χ2v) is 13.8. The summed E-state index contributed by atoms with van der Waals surface area (Å²) >= 11 is 0. The van der Waals surface area contributed by atoms with Crippen molar-refractivity contribution in [1.29, 1.82) is 0 Å². The van der Waals surface area contributed by atoms with Crippen LogP contribution in [-0.4, -0.2) is 44.4 Å². The number of nitrogens with two attached hydrogens (primary N) is 1. The Bertz CT molecular complexity index is 724. The summed E-state index contributed by atoms with van der Waals surface area (Å²) in [4.78, 5) is 36.9. The number of esters is 2. The van der Waals surface area contributed by atoms with Gasteiger partial charge in [0.1, 0.15) is 6.61 Å². The Kier molecular flexibility index (Phi) is 32.2. The Morgan fingerprint density at radius 2 is 0.978 bits per heavy atom. The third kappa shape index (κ3) is 32.7. The topological polar surface area (TPSA) is 137 Å². The Morgan fingerprint density at radius 1 is 0.578 bits per heavy atom. The molecule has 2 atom stereocenters. The highest BCUT2D eigenvalue weighted by atomic mass is 31.2. The van der Waals surface area contributed by atoms with Crippen molar-refractivity contribution >= 4 is 19.8 Å². The maximum atomic E-state index is 12.5. The SMILES string of the molecule is CCCCCCCCCCCCCCC(=O)OC[C@@H](COP(=O)([O-])OCCCN)OC(=O)CCCCCCCCCCCCC. The first-order chi connectivity index (χ1) is 21.8. The lowest BCUT2D eigenvalue weighted by atomic mass is 10.0. The van der Waals surface area contributed by atoms with E-state index in [1.165, 1.54) is 103 Å². The van der Waals surface area contributed by atoms with Gasteiger partial charge in [-0.25, -0.2) is 0 Å². The molecule has 0 amide bonds. The largest absolute Gasteiger partial charge is 0.756 e. The van der Waals surface area contributed by atoms with E-state index in [0.29, 0.717) is 12.8 Å². The van der Waals surface area contributed by atoms with Crippen molar-refractivity contribution in [1.82, 2.24) is 0 Å². The highest BCUT2D eigenvalue weighted by Crippen LogP contribution is 2.38. The molecule has 0 rings (SSSR count). The Balaban J connectivity index is 4.29. The minimum atomic E-state index is -4.59. The van der Waals surface area contributed by atoms with E-state index < -0.39 is 32.5 Å². The predicted molar refractivity (Wildman–Crippen MR) is 181 cm³/mol. The average Bonchev–Trinajstić information content (AvgIpc) is 3.01. The van der Waals surface area contributed by atoms with Gasteiger partial charge in [-0.1, -0.05) is 149 Å². The molecule has 0 aromatic carbocycles. The lowest BCUT2D eigenvalue weighted by Crippen LogP contribution is -2.30. The summed E-state index contributed by atoms with van der Waals surface area (Å²) in [7, 11) is -4.59. The third-order valence-corrected chi connectivity index (χ3v) is 8.93. The van der Waals surface area contributed by atoms with E-state index in [4.69, 9.17) is 24.3 Å². The van der Waals surface area contributed by atoms with Crippen LogP contribution < -0.4 is 10.6 Å². The molecule has 0 heterocycles. The van der Waals surface area contributed by atoms with Crippen molar-refractivity contribution < 1.29 is 37.6 Å². The standard InChI is InChI=1S/C35H70NO8P/c1-3-5-7-9-11-13-15-17-18-20-22-24-27-34(37)41-31-33(32-43-45(39,40)42-30-26-29-36)44-35(38)28-25-23-21-19-16-14-12-10-8-6-4-2/h33H,3-32,36H2,1-2H3,(H,39,40)/p-1/t33-/m0/s1. The molecule has 10 heteroatoms. The van der Waals surface area contributed by atoms with Gasteiger partial charge >= 0.3 is 11.9 Å². The highest BCUT2D eigenvalue weighted by Gasteiger charge is 2.21. The van der Waals surface area contributed by atoms with Gasteiger partial charge < -0.3 is 29.1 Å². The summed E-state index contributed by atoms with van der Waals surface area (Å²) in [6.45, 7) is 3.93. The first kappa shape index (κ1) is 44.0. The van der Waals surface area contributed by atoms with E-state index in [1.54, 1.807) is 0 Å². The molecule has 1 unspecified atom stereocenters. The number of unbranched alkanes of at least 4 members (excludes halogenated alkanes) is 21. The summed E-state index contributed by atoms with van der Waals surface area (Å²) in [5.74, 6) is -0.848. The second kappa shape index (κ2) is 32.9. The van der Waals surface area contributed by atoms with E-state index in [2.05, 4.69) is 13.8 Å². The van der Waals surface area contributed by atoms with Crippen LogP contribution in [0.25, 0.3) is 0 Å². The number of ether oxygens (including phenoxy) is 2. The van der Waals surface area contributed by atoms with Gasteiger partial charge in [0, 0.05) is 12.8 Å². The fourth-order valence-corrected chi connectivity index (χ4v) is 5.91. The van der Waals surface area contributed by atoms with Crippen molar-refractivity contribution in [3.63, 3.8) is 0 Å². The van der Waals surface area contributed by atoms with Crippen LogP contribution >= 0.6 is 7.82 Å². The molecule has 0 aliphatic heterocycles. The Hall–Kier alpha value is -0.990. The first-order valence-electron chi connectivity index (χ1n) is 18.5. The fourth-order valence-electron chi connectivity index (χ4n) is 5.13. The van der Waals surface area contributed by atoms with Gasteiger partial charge in [0.2, 0.25) is 0 Å². The van der Waals surface area contributed by atoms with Crippen LogP contribution in [0.3, 0.4) is 0 Å². The number of carbonyl (C=O) groups excluding carboxylic acids is 2. The second-order valence-electron chi connectivity index (χ2n) is 12.4. The van der Waals surface area contributed by atoms with E-state index in [-0.39, 0.29) is 32.6 Å². The number of rotatable bonds is 35. The molecule has 0 aromatic rings. The monoisotopic (exact) mass is 662 g/mol. The number of phosphoric ester groups is 1. The molecule has 0 spiro atoms. The summed E-state index contributed by atoms with van der Waals surface area (Å²) in [6, 6.07) is 0. The number of hydrogen-bond acceptors (Lipinski definition) is 9. The molecule has 0 saturated heterocycles. The van der Waals surface area contributed by atoms with E-state index in [0.717, 1.165) is 38.5 Å². The molecule has 0 fully saturated rings. The van der Waals surface area contributed by atoms with Crippen LogP contribution in [0.4, 0.5) is 0 Å². The smallest absolute Gasteiger partial charge is 0.306 e. The molecular weight excluding hydrogens is 593 g/mol. The van der Waals surface area contributed by atoms with Crippen molar-refractivity contribution in [3.8, 4) is 0 Å². The van der Waals surface area contributed by atoms with Gasteiger partial charge in [-0.3, -0.25) is 14.2 Å². The summed E-state index contributed by atoms with van der Waals surface area (Å²) in [5, 5.41) is 0. The molecule has 2 N–H and O–H groups in total. The van der Waals surface area contributed by atoms with Crippen LogP contribution in [0.5, 0.6) is 0 Å². The molecule has 0 aliphatic rings. The molecule has 0 saturated carbocycles. The maximum absolute atomic E-state index is 12.5. The summed E-state index contributed by atoms with van der Waals surface area (Å²) in [6.07, 6.45) is 27.2. The molecule has 0 aromatic heterocycles. The molecule has 45 heavy (non-hydrogen) atoms. The van der Waals surface area contributed by atoms with E-state index in [1.807, 2.05) is 0 Å². The van der Waals surface area contributed by atoms with Gasteiger partial charge in [-0.05, 0) is 25.8 Å². The fraction of sp³-hybridized carbons (Fsp3) is 0.943. The lowest BCUT2D eigenvalue weighted by Gasteiger charge is -2.25. The van der Waals surface area contributed by atoms with Gasteiger partial charge in [0.25, 0.3) is 7.82 Å². The molecule has 9 nitrogen and oxygen atoms in total. The lowest BCUT2D eigenvalue weighted by molar-refractivity contribution is -0.228. The van der Waals surface area contributed by atoms with Crippen LogP contribution in [0.1, 0.15) is 181 Å². The summed E-state index contributed by atoms with van der Waals surface area (Å²) in [5.41, 5.74) is 5.38. The molecular formula is C35H69NO8P-. The van der Waals surface area contributed by atoms with Crippen LogP contribution in [-0.2, 0) is 32.7 Å². The molecule has 0 radical (unpaired) electrons. The Labute approximate surface area is 276 Å². The van der Waals surface area contributed by atoms with Gasteiger partial charge in [0.15, 0.2) is 6.10 Å². The van der Waals surface area contributed by atoms with Crippen molar-refractivity contribution in [3.05, 3.63) is 0 Å². The minimum Gasteiger partial charge on any atom is -0.756 e. The maximum Gasteiger partial charge on any atom is 0.306 e. The number of phosphoric acid groups is 1. The number of hydrogen-bond donors (Lipinski definition) is 1. The Morgan fingerprint density at radius 3 is 1.40 bits per heavy atom. The molecule has 268 valence electrons. The third-order valence-electron chi connectivity index (χ3n) is 7.96. The van der Waals surface area contributed by atoms with Gasteiger partial charge in [-0.2, -0.15) is 0 Å². The van der Waals surface area contributed by atoms with Crippen molar-refractivity contribution in [2.24, 2.45) is 5.73 Å². The van der Waals surface area contributed by atoms with Crippen LogP contribution in [0.15, 0.2) is 0 Å². The normalized spacial score (nSPS) is 13.4. The zero-order valence-corrected chi connectivity index (χ0v) is 30.0. The number of carbonyl (C=O) groups is 2. The quantitative estimate of drug-likeness (QED) is 0.0400. The zero-order valence-electron chi connectivity index (χ0n) is 29.1. The predicted octanol–water partition coefficient (Wildman–Crippen LogP) is 9.08. The summed E-state index contributed by atoms with van der Waals surface area (Å²) < 4.78 is 32.5. The highest BCUT2D eigenvalue weighted by molar-refractivity contribution is 7.45. The van der Waals surface area contributed by atoms with Gasteiger partial charge in [0.05, 0.1) is 13.2 Å². The van der Waals surface area contributed by atoms with Crippen LogP contribution in [0, 0.1) is 0 Å². The van der Waals surface area contributed by atoms with Crippen molar-refractivity contribution in [2.45, 2.75) is 187 Å². The van der Waals surface area contributed by atoms with Gasteiger partial charge in [-0.15, -0.1) is 0 Å². The minimum absolute atomic E-state index is 0.0887. The first-order valence-corrected chi connectivity index (χ1v) is 20.0. The molecule has 0 aliphatic carbocycles. The van der Waals surface area contributed by atoms with E-state index >= 15 is 0 Å². The average molecular weight is 663 g/mol. The van der Waals surface area contributed by atoms with Crippen LogP contribution in [0.2, 0.25) is 0 Å². The zero-order chi connectivity index (χ0) is 33.3. The molecule has 0 bridgehead atoms. The van der Waals surface area contributed by atoms with E-state index in [9.17, 15) is 19.0 Å². The van der Waals surface area contributed by atoms with Crippen molar-refractivity contribution in [2.75, 3.05) is 26.4 Å².